The average Bonchev–Trinajstić information content (AvgIpc) is 2.25. The number of alkyl halides is 1. The van der Waals surface area contributed by atoms with Crippen LogP contribution in [-0.4, -0.2) is 49.3 Å². The summed E-state index contributed by atoms with van der Waals surface area (Å²) in [6.45, 7) is 7.10. The number of sulfonamides is 1. The molecular formula is C11H23BrN2O3S. The van der Waals surface area contributed by atoms with E-state index in [1.807, 2.05) is 13.8 Å². The predicted octanol–water partition coefficient (Wildman–Crippen LogP) is 1.19. The minimum absolute atomic E-state index is 0.0487. The molecule has 0 radical (unpaired) electrons. The minimum atomic E-state index is -3.13. The number of rotatable bonds is 8. The number of carbonyl (C=O) groups excluding carboxylic acids is 1. The molecule has 0 heterocycles. The zero-order valence-electron chi connectivity index (χ0n) is 11.4. The lowest BCUT2D eigenvalue weighted by molar-refractivity contribution is -0.121. The fourth-order valence-electron chi connectivity index (χ4n) is 1.43. The van der Waals surface area contributed by atoms with Gasteiger partial charge in [0.05, 0.1) is 11.1 Å². The van der Waals surface area contributed by atoms with Crippen LogP contribution in [0.2, 0.25) is 0 Å². The highest BCUT2D eigenvalue weighted by atomic mass is 79.9. The number of amides is 1. The smallest absolute Gasteiger partial charge is 0.234 e. The zero-order chi connectivity index (χ0) is 14.3. The van der Waals surface area contributed by atoms with Crippen LogP contribution in [0, 0.1) is 5.92 Å². The zero-order valence-corrected chi connectivity index (χ0v) is 13.8. The first-order valence-corrected chi connectivity index (χ1v) is 8.83. The molecule has 1 unspecified atom stereocenters. The maximum Gasteiger partial charge on any atom is 0.234 e. The standard InChI is InChI=1S/C11H23BrN2O3S/c1-5-14(18(4,16)17)8-6-7-13-11(15)10(12)9(2)3/h9-10H,5-8H2,1-4H3,(H,13,15). The highest BCUT2D eigenvalue weighted by Crippen LogP contribution is 2.11. The summed E-state index contributed by atoms with van der Waals surface area (Å²) in [6.07, 6.45) is 1.81. The molecule has 0 aromatic rings. The summed E-state index contributed by atoms with van der Waals surface area (Å²) in [6, 6.07) is 0. The Hall–Kier alpha value is -0.140. The van der Waals surface area contributed by atoms with Crippen molar-refractivity contribution in [2.24, 2.45) is 5.92 Å². The summed E-state index contributed by atoms with van der Waals surface area (Å²) in [7, 11) is -3.13. The van der Waals surface area contributed by atoms with Gasteiger partial charge in [-0.05, 0) is 12.3 Å². The summed E-state index contributed by atoms with van der Waals surface area (Å²) < 4.78 is 24.0. The van der Waals surface area contributed by atoms with Crippen LogP contribution in [0.5, 0.6) is 0 Å². The van der Waals surface area contributed by atoms with Crippen molar-refractivity contribution in [2.45, 2.75) is 32.0 Å². The van der Waals surface area contributed by atoms with Gasteiger partial charge in [0, 0.05) is 19.6 Å². The fourth-order valence-corrected chi connectivity index (χ4v) is 2.52. The van der Waals surface area contributed by atoms with E-state index in [1.54, 1.807) is 6.92 Å². The number of hydrogen-bond donors (Lipinski definition) is 1. The van der Waals surface area contributed by atoms with Gasteiger partial charge in [0.15, 0.2) is 0 Å². The Bertz CT molecular complexity index is 357. The Morgan fingerprint density at radius 3 is 2.33 bits per heavy atom. The van der Waals surface area contributed by atoms with E-state index in [0.29, 0.717) is 26.1 Å². The molecule has 0 fully saturated rings. The molecule has 0 saturated heterocycles. The van der Waals surface area contributed by atoms with Gasteiger partial charge in [-0.1, -0.05) is 36.7 Å². The van der Waals surface area contributed by atoms with Crippen LogP contribution in [0.1, 0.15) is 27.2 Å². The van der Waals surface area contributed by atoms with E-state index < -0.39 is 10.0 Å². The third-order valence-corrected chi connectivity index (χ3v) is 5.39. The van der Waals surface area contributed by atoms with Gasteiger partial charge < -0.3 is 5.32 Å². The predicted molar refractivity (Wildman–Crippen MR) is 77.3 cm³/mol. The van der Waals surface area contributed by atoms with Crippen LogP contribution in [0.15, 0.2) is 0 Å². The van der Waals surface area contributed by atoms with Gasteiger partial charge in [0.25, 0.3) is 0 Å². The van der Waals surface area contributed by atoms with Crippen LogP contribution in [0.3, 0.4) is 0 Å². The van der Waals surface area contributed by atoms with E-state index in [-0.39, 0.29) is 16.7 Å². The van der Waals surface area contributed by atoms with E-state index in [1.165, 1.54) is 10.6 Å². The molecule has 1 N–H and O–H groups in total. The third-order valence-electron chi connectivity index (χ3n) is 2.54. The van der Waals surface area contributed by atoms with E-state index >= 15 is 0 Å². The summed E-state index contributed by atoms with van der Waals surface area (Å²) >= 11 is 3.32. The minimum Gasteiger partial charge on any atom is -0.355 e. The second kappa shape index (κ2) is 8.12. The lowest BCUT2D eigenvalue weighted by Gasteiger charge is -2.18. The molecule has 0 aliphatic heterocycles. The number of carbonyl (C=O) groups is 1. The van der Waals surface area contributed by atoms with Crippen molar-refractivity contribution in [3.05, 3.63) is 0 Å². The monoisotopic (exact) mass is 342 g/mol. The van der Waals surface area contributed by atoms with Gasteiger partial charge in [0.2, 0.25) is 15.9 Å². The number of nitrogens with one attached hydrogen (secondary N) is 1. The molecule has 5 nitrogen and oxygen atoms in total. The van der Waals surface area contributed by atoms with Crippen molar-refractivity contribution in [1.82, 2.24) is 9.62 Å². The maximum atomic E-state index is 11.6. The molecule has 1 amide bonds. The van der Waals surface area contributed by atoms with Crippen LogP contribution < -0.4 is 5.32 Å². The summed E-state index contributed by atoms with van der Waals surface area (Å²) in [5, 5.41) is 2.79. The van der Waals surface area contributed by atoms with Crippen LogP contribution in [0.4, 0.5) is 0 Å². The van der Waals surface area contributed by atoms with Crippen LogP contribution >= 0.6 is 15.9 Å². The summed E-state index contributed by atoms with van der Waals surface area (Å²) in [5.74, 6) is 0.181. The Balaban J connectivity index is 3.97. The summed E-state index contributed by atoms with van der Waals surface area (Å²) in [4.78, 5) is 11.4. The molecule has 0 aromatic heterocycles. The molecule has 108 valence electrons. The molecule has 18 heavy (non-hydrogen) atoms. The van der Waals surface area contributed by atoms with Crippen LogP contribution in [-0.2, 0) is 14.8 Å². The maximum absolute atomic E-state index is 11.6. The van der Waals surface area contributed by atoms with E-state index in [0.717, 1.165) is 0 Å². The van der Waals surface area contributed by atoms with Crippen molar-refractivity contribution < 1.29 is 13.2 Å². The van der Waals surface area contributed by atoms with E-state index in [2.05, 4.69) is 21.2 Å². The van der Waals surface area contributed by atoms with Gasteiger partial charge in [-0.2, -0.15) is 0 Å². The quantitative estimate of drug-likeness (QED) is 0.532. The second-order valence-corrected chi connectivity index (χ2v) is 7.51. The second-order valence-electron chi connectivity index (χ2n) is 4.55. The fraction of sp³-hybridized carbons (Fsp3) is 0.909. The lowest BCUT2D eigenvalue weighted by Crippen LogP contribution is -2.37. The van der Waals surface area contributed by atoms with Crippen molar-refractivity contribution in [3.63, 3.8) is 0 Å². The van der Waals surface area contributed by atoms with Crippen molar-refractivity contribution in [1.29, 1.82) is 0 Å². The molecule has 0 aliphatic carbocycles. The SMILES string of the molecule is CCN(CCCNC(=O)C(Br)C(C)C)S(C)(=O)=O. The summed E-state index contributed by atoms with van der Waals surface area (Å²) in [5.41, 5.74) is 0. The normalized spacial score (nSPS) is 13.9. The highest BCUT2D eigenvalue weighted by Gasteiger charge is 2.18. The molecule has 0 saturated carbocycles. The Kier molecular flexibility index (Phi) is 8.05. The van der Waals surface area contributed by atoms with Gasteiger partial charge in [-0.3, -0.25) is 4.79 Å². The van der Waals surface area contributed by atoms with E-state index in [9.17, 15) is 13.2 Å². The van der Waals surface area contributed by atoms with Crippen LogP contribution in [0.25, 0.3) is 0 Å². The molecule has 7 heteroatoms. The molecule has 0 rings (SSSR count). The molecular weight excluding hydrogens is 320 g/mol. The molecule has 0 spiro atoms. The Labute approximate surface area is 118 Å². The average molecular weight is 343 g/mol. The molecule has 0 aliphatic rings. The Morgan fingerprint density at radius 1 is 1.39 bits per heavy atom. The Morgan fingerprint density at radius 2 is 1.94 bits per heavy atom. The van der Waals surface area contributed by atoms with Gasteiger partial charge in [-0.15, -0.1) is 0 Å². The molecule has 0 bridgehead atoms. The van der Waals surface area contributed by atoms with Gasteiger partial charge in [0.1, 0.15) is 0 Å². The lowest BCUT2D eigenvalue weighted by atomic mass is 10.1. The molecule has 1 atom stereocenters. The van der Waals surface area contributed by atoms with Crippen molar-refractivity contribution in [2.75, 3.05) is 25.9 Å². The van der Waals surface area contributed by atoms with E-state index in [4.69, 9.17) is 0 Å². The topological polar surface area (TPSA) is 66.5 Å². The first-order chi connectivity index (χ1) is 8.20. The number of hydrogen-bond acceptors (Lipinski definition) is 3. The molecule has 0 aromatic carbocycles. The van der Waals surface area contributed by atoms with Gasteiger partial charge in [-0.25, -0.2) is 12.7 Å². The van der Waals surface area contributed by atoms with Crippen molar-refractivity contribution in [3.8, 4) is 0 Å². The first-order valence-electron chi connectivity index (χ1n) is 6.07. The third kappa shape index (κ3) is 6.70. The number of nitrogens with zero attached hydrogens (tertiary/aromatic N) is 1. The largest absolute Gasteiger partial charge is 0.355 e. The van der Waals surface area contributed by atoms with Gasteiger partial charge >= 0.3 is 0 Å². The van der Waals surface area contributed by atoms with Crippen molar-refractivity contribution >= 4 is 31.9 Å². The number of halogens is 1. The highest BCUT2D eigenvalue weighted by molar-refractivity contribution is 9.10. The first kappa shape index (κ1) is 17.9.